The third-order valence-electron chi connectivity index (χ3n) is 8.42. The van der Waals surface area contributed by atoms with Crippen LogP contribution in [-0.4, -0.2) is 63.1 Å². The summed E-state index contributed by atoms with van der Waals surface area (Å²) in [7, 11) is 2.99. The molecule has 7 heteroatoms. The van der Waals surface area contributed by atoms with E-state index in [1.807, 2.05) is 0 Å². The van der Waals surface area contributed by atoms with E-state index in [0.29, 0.717) is 23.7 Å². The van der Waals surface area contributed by atoms with Crippen molar-refractivity contribution in [3.8, 4) is 11.4 Å². The van der Waals surface area contributed by atoms with Crippen LogP contribution in [0.1, 0.15) is 140 Å². The van der Waals surface area contributed by atoms with Crippen LogP contribution in [0, 0.1) is 6.20 Å². The third kappa shape index (κ3) is 11.9. The van der Waals surface area contributed by atoms with Crippen LogP contribution in [0.2, 0.25) is 0 Å². The van der Waals surface area contributed by atoms with Crippen molar-refractivity contribution in [1.29, 1.82) is 0 Å². The molecule has 6 rings (SSSR count). The molecule has 1 aromatic heterocycles. The van der Waals surface area contributed by atoms with Crippen molar-refractivity contribution in [2.45, 2.75) is 118 Å². The van der Waals surface area contributed by atoms with Crippen molar-refractivity contribution >= 4 is 33.7 Å². The summed E-state index contributed by atoms with van der Waals surface area (Å²) < 4.78 is 19.4. The maximum absolute atomic E-state index is 4.94. The molecule has 0 saturated carbocycles. The van der Waals surface area contributed by atoms with Crippen molar-refractivity contribution in [2.24, 2.45) is 0 Å². The summed E-state index contributed by atoms with van der Waals surface area (Å²) in [6, 6.07) is 13.4. The van der Waals surface area contributed by atoms with Gasteiger partial charge >= 0.3 is 0 Å². The summed E-state index contributed by atoms with van der Waals surface area (Å²) in [4.78, 5) is 0. The van der Waals surface area contributed by atoms with Gasteiger partial charge in [0.1, 0.15) is 5.69 Å². The molecule has 251 valence electrons. The second kappa shape index (κ2) is 21.5. The number of nitrogens with zero attached hydrogens (tertiary/aromatic N) is 2. The maximum atomic E-state index is 4.94. The van der Waals surface area contributed by atoms with E-state index in [-0.39, 0.29) is 18.9 Å². The van der Waals surface area contributed by atoms with Gasteiger partial charge in [0, 0.05) is 75.3 Å². The molecule has 0 bridgehead atoms. The molecule has 0 spiro atoms. The molecule has 4 heterocycles. The number of ether oxygens (including phenoxy) is 3. The first-order chi connectivity index (χ1) is 21.6. The molecule has 0 amide bonds. The molecule has 3 aromatic rings. The van der Waals surface area contributed by atoms with Gasteiger partial charge in [-0.3, -0.25) is 4.57 Å². The van der Waals surface area contributed by atoms with Crippen LogP contribution in [0.3, 0.4) is 0 Å². The summed E-state index contributed by atoms with van der Waals surface area (Å²) in [5.41, 5.74) is 9.18. The van der Waals surface area contributed by atoms with E-state index in [1.54, 1.807) is 0 Å². The average Bonchev–Trinajstić information content (AvgIpc) is 3.86. The van der Waals surface area contributed by atoms with Crippen LogP contribution in [0.4, 0.5) is 0 Å². The molecule has 1 radical (unpaired) electrons. The number of hydrogen-bond donors (Lipinski definition) is 0. The molecule has 3 aliphatic heterocycles. The first-order valence-corrected chi connectivity index (χ1v) is 18.0. The Labute approximate surface area is 295 Å². The fraction of sp³-hybridized carbons (Fsp3) is 0.615. The molecule has 0 N–H and O–H groups in total. The SMILES string of the molecule is C1CCOC1.C1CCOC1.C1CCOC1.CC(C)c1cccc(C(C)C)c1-n1c[c-][n+](-c2c(C(C)C)cccc2C(C)C)c1P.[Li]. The minimum atomic E-state index is 0. The van der Waals surface area contributed by atoms with Gasteiger partial charge in [0.25, 0.3) is 0 Å². The second-order valence-corrected chi connectivity index (χ2v) is 14.0. The minimum Gasteiger partial charge on any atom is -0.381 e. The number of benzene rings is 2. The summed E-state index contributed by atoms with van der Waals surface area (Å²) in [6.45, 7) is 24.2. The van der Waals surface area contributed by atoms with Gasteiger partial charge in [-0.25, -0.2) is 0 Å². The van der Waals surface area contributed by atoms with Crippen molar-refractivity contribution < 1.29 is 18.8 Å². The molecule has 1 atom stereocenters. The zero-order chi connectivity index (χ0) is 32.8. The molecule has 1 unspecified atom stereocenters. The smallest absolute Gasteiger partial charge is 0.174 e. The van der Waals surface area contributed by atoms with Gasteiger partial charge in [-0.15, -0.1) is 0 Å². The van der Waals surface area contributed by atoms with Crippen LogP contribution in [-0.2, 0) is 14.2 Å². The number of para-hydroxylation sites is 2. The Morgan fingerprint density at radius 3 is 1.20 bits per heavy atom. The summed E-state index contributed by atoms with van der Waals surface area (Å²) in [6.07, 6.45) is 13.3. The van der Waals surface area contributed by atoms with E-state index in [0.717, 1.165) is 45.2 Å². The van der Waals surface area contributed by atoms with Gasteiger partial charge in [-0.1, -0.05) is 112 Å². The van der Waals surface area contributed by atoms with Crippen LogP contribution in [0.5, 0.6) is 0 Å². The Hall–Kier alpha value is -1.44. The van der Waals surface area contributed by atoms with Crippen molar-refractivity contribution in [1.82, 2.24) is 4.57 Å². The first kappa shape index (κ1) is 40.7. The Morgan fingerprint density at radius 2 is 0.913 bits per heavy atom. The second-order valence-electron chi connectivity index (χ2n) is 13.5. The predicted octanol–water partition coefficient (Wildman–Crippen LogP) is 8.56. The molecule has 5 nitrogen and oxygen atoms in total. The van der Waals surface area contributed by atoms with Gasteiger partial charge in [0.15, 0.2) is 5.57 Å². The normalized spacial score (nSPS) is 15.7. The maximum Gasteiger partial charge on any atom is 0.174 e. The topological polar surface area (TPSA) is 36.5 Å². The van der Waals surface area contributed by atoms with E-state index in [4.69, 9.17) is 14.2 Å². The van der Waals surface area contributed by atoms with Gasteiger partial charge < -0.3 is 18.8 Å². The molecule has 3 aliphatic rings. The van der Waals surface area contributed by atoms with Gasteiger partial charge in [-0.05, 0) is 62.2 Å². The summed E-state index contributed by atoms with van der Waals surface area (Å²) >= 11 is 0. The van der Waals surface area contributed by atoms with E-state index < -0.39 is 0 Å². The third-order valence-corrected chi connectivity index (χ3v) is 8.96. The van der Waals surface area contributed by atoms with Crippen LogP contribution in [0.25, 0.3) is 11.4 Å². The number of rotatable bonds is 6. The molecule has 2 aromatic carbocycles. The van der Waals surface area contributed by atoms with Gasteiger partial charge in [-0.2, -0.15) is 0 Å². The number of aromatic nitrogens is 2. The van der Waals surface area contributed by atoms with Crippen molar-refractivity contribution in [2.75, 3.05) is 39.6 Å². The Morgan fingerprint density at radius 1 is 0.587 bits per heavy atom. The Kier molecular flexibility index (Phi) is 19.0. The van der Waals surface area contributed by atoms with Gasteiger partial charge in [0.05, 0.1) is 12.4 Å². The molecule has 3 fully saturated rings. The zero-order valence-electron chi connectivity index (χ0n) is 30.5. The predicted molar refractivity (Wildman–Crippen MR) is 198 cm³/mol. The van der Waals surface area contributed by atoms with E-state index in [2.05, 4.69) is 123 Å². The number of hydrogen-bond acceptors (Lipinski definition) is 3. The van der Waals surface area contributed by atoms with Crippen LogP contribution < -0.4 is 10.1 Å². The van der Waals surface area contributed by atoms with E-state index >= 15 is 0 Å². The fourth-order valence-corrected chi connectivity index (χ4v) is 6.21. The van der Waals surface area contributed by atoms with E-state index in [1.165, 1.54) is 72.2 Å². The quantitative estimate of drug-likeness (QED) is 0.117. The Balaban J connectivity index is 0.000000371. The standard InChI is InChI=1S/C27H37N2P.3C4H8O.Li/c1-17(2)21-11-9-12-22(18(3)4)25(21)28-15-16-29(27(28)30)26-23(19(5)6)13-10-14-24(26)20(7)8;3*1-2-4-5-3-1;/h9-15,17-20H,30H2,1-8H3;3*1-4H2;. The molecular formula is C39H61LiN2O3P. The van der Waals surface area contributed by atoms with Crippen LogP contribution in [0.15, 0.2) is 42.6 Å². The largest absolute Gasteiger partial charge is 0.381 e. The van der Waals surface area contributed by atoms with E-state index in [9.17, 15) is 0 Å². The summed E-state index contributed by atoms with van der Waals surface area (Å²) in [5, 5.41) is 0. The summed E-state index contributed by atoms with van der Waals surface area (Å²) in [5.74, 6) is 1.80. The molecule has 3 saturated heterocycles. The number of imidazole rings is 1. The van der Waals surface area contributed by atoms with Gasteiger partial charge in [0.2, 0.25) is 0 Å². The average molecular weight is 644 g/mol. The fourth-order valence-electron chi connectivity index (χ4n) is 5.80. The van der Waals surface area contributed by atoms with Crippen molar-refractivity contribution in [3.05, 3.63) is 71.0 Å². The minimum absolute atomic E-state index is 0. The monoisotopic (exact) mass is 643 g/mol. The molecule has 0 aliphatic carbocycles. The van der Waals surface area contributed by atoms with Crippen molar-refractivity contribution in [3.63, 3.8) is 0 Å². The molecular weight excluding hydrogens is 582 g/mol. The van der Waals surface area contributed by atoms with Crippen LogP contribution >= 0.6 is 9.24 Å². The Bertz CT molecular complexity index is 1100. The first-order valence-electron chi connectivity index (χ1n) is 17.4. The zero-order valence-corrected chi connectivity index (χ0v) is 31.7. The molecule has 46 heavy (non-hydrogen) atoms.